The molecule has 0 saturated carbocycles. The van der Waals surface area contributed by atoms with Crippen LogP contribution in [-0.4, -0.2) is 48.5 Å². The van der Waals surface area contributed by atoms with Gasteiger partial charge in [0.25, 0.3) is 0 Å². The Kier molecular flexibility index (Phi) is 43.6. The van der Waals surface area contributed by atoms with Crippen molar-refractivity contribution in [3.05, 3.63) is 316 Å². The fraction of sp³-hybridized carbons (Fsp3) is 0.0704. The van der Waals surface area contributed by atoms with Crippen molar-refractivity contribution in [3.63, 3.8) is 0 Å². The summed E-state index contributed by atoms with van der Waals surface area (Å²) in [5, 5.41) is 8.58. The van der Waals surface area contributed by atoms with E-state index in [4.69, 9.17) is 27.9 Å². The SMILES string of the molecule is CCOCC.ClCCl.[Cl-].[Cl-].[Cl-].[Cl-].[Ru+2].[Ru+2].c1ccc(-c2cccc(-c3ccccn3)n2)nc1.c1ccc(-c2cccc(-c3ccccn3)n2)nc1.c1ccc(P(c2ccccc2)c2ccccc2)cc1.c1ccc(P(c2ccccc2)c2ccccc2)cc1. The molecule has 88 heavy (non-hydrogen) atoms. The number of hydrogen-bond acceptors (Lipinski definition) is 7. The van der Waals surface area contributed by atoms with Gasteiger partial charge in [0.2, 0.25) is 0 Å². The third-order valence-electron chi connectivity index (χ3n) is 11.7. The second-order valence-corrected chi connectivity index (χ2v) is 22.5. The summed E-state index contributed by atoms with van der Waals surface area (Å²) in [5.74, 6) is 0. The van der Waals surface area contributed by atoms with Crippen LogP contribution in [0.15, 0.2) is 316 Å². The van der Waals surface area contributed by atoms with E-state index in [0.29, 0.717) is 0 Å². The Morgan fingerprint density at radius 1 is 0.261 bits per heavy atom. The van der Waals surface area contributed by atoms with Crippen LogP contribution in [0, 0.1) is 0 Å². The first kappa shape index (κ1) is 80.0. The Morgan fingerprint density at radius 2 is 0.432 bits per heavy atom. The first-order valence-electron chi connectivity index (χ1n) is 26.8. The van der Waals surface area contributed by atoms with Crippen LogP contribution in [-0.2, 0) is 43.7 Å². The fourth-order valence-corrected chi connectivity index (χ4v) is 12.7. The van der Waals surface area contributed by atoms with Crippen LogP contribution in [0.2, 0.25) is 0 Å². The molecule has 0 aliphatic heterocycles. The summed E-state index contributed by atoms with van der Waals surface area (Å²) in [5.41, 5.74) is 6.92. The summed E-state index contributed by atoms with van der Waals surface area (Å²) >= 11 is 9.53. The van der Waals surface area contributed by atoms with Crippen LogP contribution >= 0.6 is 39.0 Å². The number of halogens is 6. The monoisotopic (exact) mass is 1490 g/mol. The number of benzene rings is 6. The van der Waals surface area contributed by atoms with Crippen LogP contribution in [0.4, 0.5) is 0 Å². The van der Waals surface area contributed by atoms with Crippen LogP contribution in [0.25, 0.3) is 45.6 Å². The summed E-state index contributed by atoms with van der Waals surface area (Å²) in [6, 6.07) is 99.6. The van der Waals surface area contributed by atoms with Crippen molar-refractivity contribution < 1.29 is 93.3 Å². The minimum absolute atomic E-state index is 0. The van der Waals surface area contributed by atoms with Crippen LogP contribution in [0.3, 0.4) is 0 Å². The van der Waals surface area contributed by atoms with E-state index in [1.165, 1.54) is 31.8 Å². The molecule has 0 aliphatic carbocycles. The van der Waals surface area contributed by atoms with Crippen LogP contribution in [0.1, 0.15) is 13.8 Å². The zero-order chi connectivity index (χ0) is 57.1. The molecule has 0 radical (unpaired) electrons. The molecular weight excluding hydrogens is 1430 g/mol. The Morgan fingerprint density at radius 3 is 0.580 bits per heavy atom. The van der Waals surface area contributed by atoms with Crippen LogP contribution < -0.4 is 81.5 Å². The second kappa shape index (κ2) is 48.0. The molecule has 0 bridgehead atoms. The molecule has 12 aromatic rings. The molecule has 6 heterocycles. The molecule has 6 aromatic carbocycles. The number of ether oxygens (including phenoxy) is 1. The number of alkyl halides is 2. The zero-order valence-electron chi connectivity index (χ0n) is 48.1. The van der Waals surface area contributed by atoms with Gasteiger partial charge in [-0.2, -0.15) is 0 Å². The largest absolute Gasteiger partial charge is 2.00 e. The predicted octanol–water partition coefficient (Wildman–Crippen LogP) is 3.78. The van der Waals surface area contributed by atoms with Crippen molar-refractivity contribution >= 4 is 70.9 Å². The normalized spacial score (nSPS) is 9.43. The van der Waals surface area contributed by atoms with Gasteiger partial charge in [-0.25, -0.2) is 9.97 Å². The molecular formula is C71H64Cl6N6OP2Ru2. The number of nitrogens with zero attached hydrogens (tertiary/aromatic N) is 6. The molecule has 0 saturated heterocycles. The van der Waals surface area contributed by atoms with Crippen molar-refractivity contribution in [1.29, 1.82) is 0 Å². The average Bonchev–Trinajstić information content (AvgIpc) is 3.72. The van der Waals surface area contributed by atoms with Gasteiger partial charge in [-0.3, -0.25) is 19.9 Å². The summed E-state index contributed by atoms with van der Waals surface area (Å²) in [6.07, 6.45) is 7.07. The molecule has 0 aliphatic rings. The number of rotatable bonds is 12. The molecule has 12 rings (SSSR count). The molecule has 452 valence electrons. The molecule has 0 atom stereocenters. The third-order valence-corrected chi connectivity index (χ3v) is 16.6. The maximum absolute atomic E-state index is 4.83. The van der Waals surface area contributed by atoms with Gasteiger partial charge in [0, 0.05) is 38.0 Å². The molecule has 0 spiro atoms. The number of hydrogen-bond donors (Lipinski definition) is 0. The van der Waals surface area contributed by atoms with E-state index in [2.05, 4.69) is 212 Å². The fourth-order valence-electron chi connectivity index (χ4n) is 8.06. The minimum atomic E-state index is -0.446. The molecule has 0 N–H and O–H groups in total. The minimum Gasteiger partial charge on any atom is -1.00 e. The summed E-state index contributed by atoms with van der Waals surface area (Å²) in [4.78, 5) is 26.4. The van der Waals surface area contributed by atoms with Gasteiger partial charge in [0.1, 0.15) is 0 Å². The van der Waals surface area contributed by atoms with Crippen molar-refractivity contribution in [2.75, 3.05) is 18.6 Å². The summed E-state index contributed by atoms with van der Waals surface area (Å²) in [6.45, 7) is 5.67. The Hall–Kier alpha value is -5.97. The van der Waals surface area contributed by atoms with E-state index in [1.807, 2.05) is 123 Å². The van der Waals surface area contributed by atoms with Gasteiger partial charge in [-0.05, 0) is 134 Å². The molecule has 0 amide bonds. The van der Waals surface area contributed by atoms with Gasteiger partial charge < -0.3 is 54.4 Å². The van der Waals surface area contributed by atoms with Gasteiger partial charge in [0.05, 0.1) is 50.9 Å². The van der Waals surface area contributed by atoms with E-state index in [9.17, 15) is 0 Å². The first-order chi connectivity index (χ1) is 40.6. The molecule has 0 unspecified atom stereocenters. The van der Waals surface area contributed by atoms with Gasteiger partial charge >= 0.3 is 39.0 Å². The smallest absolute Gasteiger partial charge is 1.00 e. The summed E-state index contributed by atoms with van der Waals surface area (Å²) < 4.78 is 4.83. The van der Waals surface area contributed by atoms with E-state index in [-0.39, 0.29) is 93.9 Å². The Bertz CT molecular complexity index is 3060. The molecule has 17 heteroatoms. The predicted molar refractivity (Wildman–Crippen MR) is 350 cm³/mol. The van der Waals surface area contributed by atoms with E-state index >= 15 is 0 Å². The van der Waals surface area contributed by atoms with E-state index < -0.39 is 15.8 Å². The first-order valence-corrected chi connectivity index (χ1v) is 30.5. The second-order valence-electron chi connectivity index (χ2n) is 17.2. The molecule has 0 fully saturated rings. The van der Waals surface area contributed by atoms with E-state index in [0.717, 1.165) is 58.8 Å². The quantitative estimate of drug-likeness (QED) is 0.105. The Balaban J connectivity index is 0.000000551. The molecule has 7 nitrogen and oxygen atoms in total. The van der Waals surface area contributed by atoms with Crippen molar-refractivity contribution in [2.45, 2.75) is 13.8 Å². The van der Waals surface area contributed by atoms with Crippen molar-refractivity contribution in [2.24, 2.45) is 0 Å². The standard InChI is InChI=1S/2C18H15P.2C15H11N3.C4H10O.CH2Cl2.4ClH.2Ru/c2*1-4-10-16(11-5-1)19(17-12-6-2-7-13-17)18-14-8-3-9-15-18;2*1-3-10-16-12(6-1)14-8-5-9-15(18-14)13-7-2-4-11-17-13;1-3-5-4-2;2-1-3;;;;;;/h2*1-15H;2*1-11H;3-4H2,1-2H3;1H2;4*1H;;/q;;;;;;;;;;2*+2/p-4. The Labute approximate surface area is 582 Å². The topological polar surface area (TPSA) is 86.6 Å². The molecule has 6 aromatic heterocycles. The summed E-state index contributed by atoms with van der Waals surface area (Å²) in [7, 11) is -0.892. The maximum atomic E-state index is 4.83. The third kappa shape index (κ3) is 27.0. The van der Waals surface area contributed by atoms with Crippen molar-refractivity contribution in [1.82, 2.24) is 29.9 Å². The van der Waals surface area contributed by atoms with Crippen LogP contribution in [0.5, 0.6) is 0 Å². The average molecular weight is 1490 g/mol. The number of aromatic nitrogens is 6. The van der Waals surface area contributed by atoms with Gasteiger partial charge in [0.15, 0.2) is 0 Å². The number of pyridine rings is 6. The van der Waals surface area contributed by atoms with Gasteiger partial charge in [-0.1, -0.05) is 218 Å². The zero-order valence-corrected chi connectivity index (χ0v) is 57.9. The van der Waals surface area contributed by atoms with Crippen molar-refractivity contribution in [3.8, 4) is 45.6 Å². The van der Waals surface area contributed by atoms with E-state index in [1.54, 1.807) is 24.8 Å². The van der Waals surface area contributed by atoms with Gasteiger partial charge in [-0.15, -0.1) is 23.2 Å². The maximum Gasteiger partial charge on any atom is 2.00 e.